The first-order valence-electron chi connectivity index (χ1n) is 9.92. The number of nitrogens with zero attached hydrogens (tertiary/aromatic N) is 2. The maximum absolute atomic E-state index is 12.5. The first kappa shape index (κ1) is 21.0. The fourth-order valence-electron chi connectivity index (χ4n) is 3.24. The van der Waals surface area contributed by atoms with E-state index in [4.69, 9.17) is 9.47 Å². The molecule has 0 amide bonds. The highest BCUT2D eigenvalue weighted by Gasteiger charge is 2.16. The Bertz CT molecular complexity index is 720. The summed E-state index contributed by atoms with van der Waals surface area (Å²) in [7, 11) is 1.62. The van der Waals surface area contributed by atoms with Gasteiger partial charge in [-0.05, 0) is 56.5 Å². The topological polar surface area (TPSA) is 53.4 Å². The Labute approximate surface area is 162 Å². The number of methoxy groups -OCH3 is 1. The summed E-state index contributed by atoms with van der Waals surface area (Å²) in [6.45, 7) is 6.15. The molecule has 0 N–H and O–H groups in total. The van der Waals surface area contributed by atoms with Crippen molar-refractivity contribution >= 4 is 5.91 Å². The van der Waals surface area contributed by atoms with Gasteiger partial charge in [0.2, 0.25) is 0 Å². The van der Waals surface area contributed by atoms with Crippen LogP contribution >= 0.6 is 0 Å². The molecule has 0 unspecified atom stereocenters. The molecule has 2 rings (SSSR count). The minimum atomic E-state index is -0.152. The zero-order chi connectivity index (χ0) is 19.6. The maximum atomic E-state index is 12.5. The lowest BCUT2D eigenvalue weighted by Crippen LogP contribution is -2.21. The molecule has 2 aromatic rings. The van der Waals surface area contributed by atoms with Gasteiger partial charge in [0.05, 0.1) is 12.8 Å². The molecular formula is C22H32N2O3. The van der Waals surface area contributed by atoms with Gasteiger partial charge in [0.1, 0.15) is 11.5 Å². The van der Waals surface area contributed by atoms with Crippen LogP contribution in [0.5, 0.6) is 11.5 Å². The highest BCUT2D eigenvalue weighted by molar-refractivity contribution is 5.80. The smallest absolute Gasteiger partial charge is 0.284 e. The summed E-state index contributed by atoms with van der Waals surface area (Å²) in [6, 6.07) is 7.19. The highest BCUT2D eigenvalue weighted by Crippen LogP contribution is 2.19. The van der Waals surface area contributed by atoms with E-state index in [9.17, 15) is 4.79 Å². The summed E-state index contributed by atoms with van der Waals surface area (Å²) < 4.78 is 12.2. The van der Waals surface area contributed by atoms with Gasteiger partial charge in [-0.2, -0.15) is 5.10 Å². The monoisotopic (exact) mass is 372 g/mol. The van der Waals surface area contributed by atoms with Crippen LogP contribution in [0.15, 0.2) is 24.3 Å². The van der Waals surface area contributed by atoms with E-state index in [1.165, 1.54) is 42.3 Å². The van der Waals surface area contributed by atoms with Crippen molar-refractivity contribution in [2.75, 3.05) is 13.7 Å². The van der Waals surface area contributed by atoms with E-state index in [2.05, 4.69) is 12.0 Å². The normalized spacial score (nSPS) is 10.8. The number of benzene rings is 1. The van der Waals surface area contributed by atoms with Gasteiger partial charge in [0, 0.05) is 5.69 Å². The van der Waals surface area contributed by atoms with Crippen molar-refractivity contribution in [3.05, 3.63) is 41.2 Å². The van der Waals surface area contributed by atoms with Crippen LogP contribution in [0, 0.1) is 13.8 Å². The lowest BCUT2D eigenvalue weighted by molar-refractivity contribution is 0.0818. The molecule has 27 heavy (non-hydrogen) atoms. The molecule has 0 radical (unpaired) electrons. The molecule has 5 nitrogen and oxygen atoms in total. The standard InChI is InChI=1S/C22H32N2O3/c1-5-6-7-8-9-10-11-21-17(2)23-24(18(21)3)22(25)16-27-20-14-12-19(26-4)13-15-20/h12-15H,5-11,16H2,1-4H3. The average molecular weight is 373 g/mol. The van der Waals surface area contributed by atoms with Gasteiger partial charge in [0.15, 0.2) is 6.61 Å². The minimum Gasteiger partial charge on any atom is -0.497 e. The number of carbonyl (C=O) groups excluding carboxylic acids is 1. The van der Waals surface area contributed by atoms with Gasteiger partial charge in [-0.3, -0.25) is 4.79 Å². The fraction of sp³-hybridized carbons (Fsp3) is 0.545. The third kappa shape index (κ3) is 6.12. The van der Waals surface area contributed by atoms with Gasteiger partial charge in [-0.15, -0.1) is 0 Å². The second kappa shape index (κ2) is 10.8. The molecule has 0 fully saturated rings. The van der Waals surface area contributed by atoms with Gasteiger partial charge in [-0.25, -0.2) is 4.68 Å². The first-order valence-corrected chi connectivity index (χ1v) is 9.92. The highest BCUT2D eigenvalue weighted by atomic mass is 16.5. The molecule has 0 bridgehead atoms. The zero-order valence-corrected chi connectivity index (χ0v) is 17.1. The molecule has 1 aromatic heterocycles. The third-order valence-electron chi connectivity index (χ3n) is 4.88. The van der Waals surface area contributed by atoms with Crippen molar-refractivity contribution in [3.8, 4) is 11.5 Å². The van der Waals surface area contributed by atoms with E-state index < -0.39 is 0 Å². The maximum Gasteiger partial charge on any atom is 0.284 e. The van der Waals surface area contributed by atoms with Crippen molar-refractivity contribution in [1.82, 2.24) is 9.78 Å². The number of hydrogen-bond donors (Lipinski definition) is 0. The number of hydrogen-bond acceptors (Lipinski definition) is 4. The van der Waals surface area contributed by atoms with E-state index >= 15 is 0 Å². The van der Waals surface area contributed by atoms with Gasteiger partial charge >= 0.3 is 0 Å². The van der Waals surface area contributed by atoms with Crippen LogP contribution < -0.4 is 9.47 Å². The molecule has 0 aliphatic carbocycles. The van der Waals surface area contributed by atoms with Gasteiger partial charge < -0.3 is 9.47 Å². The number of aromatic nitrogens is 2. The van der Waals surface area contributed by atoms with E-state index in [1.807, 2.05) is 26.0 Å². The molecule has 1 heterocycles. The van der Waals surface area contributed by atoms with E-state index in [1.54, 1.807) is 19.2 Å². The van der Waals surface area contributed by atoms with Gasteiger partial charge in [0.25, 0.3) is 5.91 Å². The zero-order valence-electron chi connectivity index (χ0n) is 17.1. The number of aryl methyl sites for hydroxylation is 1. The molecule has 0 atom stereocenters. The van der Waals surface area contributed by atoms with Crippen LogP contribution in [-0.2, 0) is 6.42 Å². The molecule has 0 spiro atoms. The van der Waals surface area contributed by atoms with Crippen molar-refractivity contribution in [3.63, 3.8) is 0 Å². The number of ether oxygens (including phenoxy) is 2. The summed E-state index contributed by atoms with van der Waals surface area (Å²) >= 11 is 0. The Balaban J connectivity index is 1.88. The Morgan fingerprint density at radius 2 is 1.63 bits per heavy atom. The van der Waals surface area contributed by atoms with Crippen LogP contribution in [0.3, 0.4) is 0 Å². The summed E-state index contributed by atoms with van der Waals surface area (Å²) in [5.74, 6) is 1.24. The molecule has 5 heteroatoms. The molecule has 0 aliphatic rings. The second-order valence-corrected chi connectivity index (χ2v) is 6.94. The van der Waals surface area contributed by atoms with Crippen LogP contribution in [0.1, 0.15) is 67.2 Å². The molecular weight excluding hydrogens is 340 g/mol. The predicted octanol–water partition coefficient (Wildman–Crippen LogP) is 5.13. The molecule has 0 saturated carbocycles. The predicted molar refractivity (Wildman–Crippen MR) is 108 cm³/mol. The van der Waals surface area contributed by atoms with Crippen LogP contribution in [0.25, 0.3) is 0 Å². The van der Waals surface area contributed by atoms with Crippen molar-refractivity contribution in [2.24, 2.45) is 0 Å². The molecule has 148 valence electrons. The summed E-state index contributed by atoms with van der Waals surface area (Å²) in [5.41, 5.74) is 3.08. The molecule has 1 aromatic carbocycles. The third-order valence-corrected chi connectivity index (χ3v) is 4.88. The lowest BCUT2D eigenvalue weighted by Gasteiger charge is -2.08. The van der Waals surface area contributed by atoms with Crippen molar-refractivity contribution < 1.29 is 14.3 Å². The van der Waals surface area contributed by atoms with Crippen molar-refractivity contribution in [2.45, 2.75) is 65.7 Å². The number of carbonyl (C=O) groups is 1. The van der Waals surface area contributed by atoms with Crippen LogP contribution in [0.4, 0.5) is 0 Å². The van der Waals surface area contributed by atoms with E-state index in [-0.39, 0.29) is 12.5 Å². The quantitative estimate of drug-likeness (QED) is 0.513. The lowest BCUT2D eigenvalue weighted by atomic mass is 10.0. The van der Waals surface area contributed by atoms with E-state index in [0.29, 0.717) is 5.75 Å². The van der Waals surface area contributed by atoms with Crippen molar-refractivity contribution in [1.29, 1.82) is 0 Å². The first-order chi connectivity index (χ1) is 13.1. The second-order valence-electron chi connectivity index (χ2n) is 6.94. The summed E-state index contributed by atoms with van der Waals surface area (Å²) in [6.07, 6.45) is 8.55. The number of rotatable bonds is 11. The molecule has 0 saturated heterocycles. The number of unbranched alkanes of at least 4 members (excludes halogenated alkanes) is 5. The largest absolute Gasteiger partial charge is 0.497 e. The summed E-state index contributed by atoms with van der Waals surface area (Å²) in [4.78, 5) is 12.5. The fourth-order valence-corrected chi connectivity index (χ4v) is 3.24. The Hall–Kier alpha value is -2.30. The molecule has 0 aliphatic heterocycles. The Morgan fingerprint density at radius 1 is 1.00 bits per heavy atom. The van der Waals surface area contributed by atoms with E-state index in [0.717, 1.165) is 30.0 Å². The average Bonchev–Trinajstić information content (AvgIpc) is 2.97. The Kier molecular flexibility index (Phi) is 8.37. The SMILES string of the molecule is CCCCCCCCc1c(C)nn(C(=O)COc2ccc(OC)cc2)c1C. The van der Waals surface area contributed by atoms with Crippen LogP contribution in [0.2, 0.25) is 0 Å². The van der Waals surface area contributed by atoms with Gasteiger partial charge in [-0.1, -0.05) is 39.0 Å². The minimum absolute atomic E-state index is 0.0370. The Morgan fingerprint density at radius 3 is 2.30 bits per heavy atom. The summed E-state index contributed by atoms with van der Waals surface area (Å²) in [5, 5.41) is 4.45. The van der Waals surface area contributed by atoms with Crippen LogP contribution in [-0.4, -0.2) is 29.4 Å².